The predicted octanol–water partition coefficient (Wildman–Crippen LogP) is 4.34. The minimum absolute atomic E-state index is 0.191. The zero-order valence-electron chi connectivity index (χ0n) is 17.9. The number of rotatable bonds is 6. The second-order valence-corrected chi connectivity index (χ2v) is 9.39. The summed E-state index contributed by atoms with van der Waals surface area (Å²) in [6.07, 6.45) is 7.08. The predicted molar refractivity (Wildman–Crippen MR) is 122 cm³/mol. The highest BCUT2D eigenvalue weighted by Gasteiger charge is 2.22. The number of amides is 1. The second-order valence-electron chi connectivity index (χ2n) is 8.34. The van der Waals surface area contributed by atoms with E-state index in [4.69, 9.17) is 9.47 Å². The van der Waals surface area contributed by atoms with Crippen LogP contribution in [0.4, 0.5) is 4.79 Å². The van der Waals surface area contributed by atoms with Crippen molar-refractivity contribution in [3.63, 3.8) is 0 Å². The van der Waals surface area contributed by atoms with E-state index in [1.807, 2.05) is 24.3 Å². The number of carbonyl (C=O) groups excluding carboxylic acids is 1. The van der Waals surface area contributed by atoms with Crippen LogP contribution in [0.2, 0.25) is 0 Å². The summed E-state index contributed by atoms with van der Waals surface area (Å²) in [5.74, 6) is 0.798. The van der Waals surface area contributed by atoms with Crippen molar-refractivity contribution in [2.24, 2.45) is 0 Å². The van der Waals surface area contributed by atoms with Gasteiger partial charge in [-0.1, -0.05) is 30.2 Å². The van der Waals surface area contributed by atoms with Gasteiger partial charge in [-0.05, 0) is 50.9 Å². The molecule has 0 bridgehead atoms. The topological polar surface area (TPSA) is 54.0 Å². The standard InChI is InChI=1S/C23H33N3O3S/c1-28-20-7-6-8-21-19(20)17-22(30-21)29-23(27)24-18-9-13-26(14-10-18)16-15-25-11-4-2-3-5-12-25/h6-8,17-18H,2-5,9-16H2,1H3,(H,24,27). The zero-order chi connectivity index (χ0) is 20.8. The number of nitrogens with zero attached hydrogens (tertiary/aromatic N) is 2. The molecule has 2 fully saturated rings. The number of hydrogen-bond acceptors (Lipinski definition) is 6. The summed E-state index contributed by atoms with van der Waals surface area (Å²) in [5, 5.41) is 4.63. The first-order valence-corrected chi connectivity index (χ1v) is 12.0. The van der Waals surface area contributed by atoms with Gasteiger partial charge < -0.3 is 24.6 Å². The summed E-state index contributed by atoms with van der Waals surface area (Å²) in [5.41, 5.74) is 0. The van der Waals surface area contributed by atoms with Crippen molar-refractivity contribution in [1.29, 1.82) is 0 Å². The molecule has 2 saturated heterocycles. The van der Waals surface area contributed by atoms with E-state index in [-0.39, 0.29) is 12.1 Å². The first-order valence-electron chi connectivity index (χ1n) is 11.2. The molecule has 0 atom stereocenters. The van der Waals surface area contributed by atoms with Gasteiger partial charge >= 0.3 is 6.09 Å². The van der Waals surface area contributed by atoms with Gasteiger partial charge in [0, 0.05) is 48.4 Å². The van der Waals surface area contributed by atoms with Gasteiger partial charge in [0.15, 0.2) is 5.06 Å². The molecule has 2 aliphatic heterocycles. The van der Waals surface area contributed by atoms with E-state index < -0.39 is 0 Å². The number of likely N-dealkylation sites (tertiary alicyclic amines) is 2. The quantitative estimate of drug-likeness (QED) is 0.737. The fourth-order valence-electron chi connectivity index (χ4n) is 4.47. The highest BCUT2D eigenvalue weighted by Crippen LogP contribution is 2.37. The van der Waals surface area contributed by atoms with Gasteiger partial charge in [0.1, 0.15) is 5.75 Å². The number of fused-ring (bicyclic) bond motifs is 1. The van der Waals surface area contributed by atoms with Crippen LogP contribution in [0.15, 0.2) is 24.3 Å². The number of piperidine rings is 1. The number of hydrogen-bond donors (Lipinski definition) is 1. The van der Waals surface area contributed by atoms with Crippen molar-refractivity contribution in [2.75, 3.05) is 46.4 Å². The Balaban J connectivity index is 1.20. The highest BCUT2D eigenvalue weighted by molar-refractivity contribution is 7.20. The average molecular weight is 432 g/mol. The second kappa shape index (κ2) is 10.5. The molecular weight excluding hydrogens is 398 g/mol. The molecular formula is C23H33N3O3S. The van der Waals surface area contributed by atoms with E-state index in [2.05, 4.69) is 15.1 Å². The number of thiophene rings is 1. The molecule has 0 radical (unpaired) electrons. The van der Waals surface area contributed by atoms with Gasteiger partial charge in [0.05, 0.1) is 7.11 Å². The van der Waals surface area contributed by atoms with Gasteiger partial charge in [-0.25, -0.2) is 4.79 Å². The lowest BCUT2D eigenvalue weighted by Crippen LogP contribution is -2.47. The third kappa shape index (κ3) is 5.65. The molecule has 0 spiro atoms. The number of methoxy groups -OCH3 is 1. The summed E-state index contributed by atoms with van der Waals surface area (Å²) in [7, 11) is 1.65. The van der Waals surface area contributed by atoms with E-state index in [1.165, 1.54) is 56.7 Å². The maximum Gasteiger partial charge on any atom is 0.413 e. The molecule has 1 amide bonds. The van der Waals surface area contributed by atoms with Crippen LogP contribution in [-0.4, -0.2) is 68.3 Å². The van der Waals surface area contributed by atoms with E-state index in [0.29, 0.717) is 5.06 Å². The minimum atomic E-state index is -0.358. The maximum absolute atomic E-state index is 12.4. The van der Waals surface area contributed by atoms with Gasteiger partial charge in [0.2, 0.25) is 0 Å². The minimum Gasteiger partial charge on any atom is -0.496 e. The van der Waals surface area contributed by atoms with Crippen molar-refractivity contribution < 1.29 is 14.3 Å². The van der Waals surface area contributed by atoms with Gasteiger partial charge in [-0.2, -0.15) is 0 Å². The smallest absolute Gasteiger partial charge is 0.413 e. The lowest BCUT2D eigenvalue weighted by atomic mass is 10.1. The van der Waals surface area contributed by atoms with E-state index in [1.54, 1.807) is 7.11 Å². The van der Waals surface area contributed by atoms with Crippen molar-refractivity contribution in [1.82, 2.24) is 15.1 Å². The largest absolute Gasteiger partial charge is 0.496 e. The molecule has 0 unspecified atom stereocenters. The molecule has 1 N–H and O–H groups in total. The Bertz CT molecular complexity index is 824. The van der Waals surface area contributed by atoms with Gasteiger partial charge in [-0.3, -0.25) is 0 Å². The average Bonchev–Trinajstić information content (AvgIpc) is 2.98. The van der Waals surface area contributed by atoms with Crippen LogP contribution >= 0.6 is 11.3 Å². The van der Waals surface area contributed by atoms with Crippen molar-refractivity contribution >= 4 is 27.5 Å². The van der Waals surface area contributed by atoms with Crippen LogP contribution in [0.25, 0.3) is 10.1 Å². The lowest BCUT2D eigenvalue weighted by molar-refractivity contribution is 0.158. The normalized spacial score (nSPS) is 19.5. The van der Waals surface area contributed by atoms with Crippen LogP contribution in [-0.2, 0) is 0 Å². The van der Waals surface area contributed by atoms with Crippen molar-refractivity contribution in [3.05, 3.63) is 24.3 Å². The first kappa shape index (κ1) is 21.4. The Morgan fingerprint density at radius 1 is 1.07 bits per heavy atom. The third-order valence-electron chi connectivity index (χ3n) is 6.25. The summed E-state index contributed by atoms with van der Waals surface area (Å²) in [4.78, 5) is 17.5. The molecule has 1 aromatic carbocycles. The Kier molecular flexibility index (Phi) is 7.47. The molecule has 164 valence electrons. The van der Waals surface area contributed by atoms with E-state index >= 15 is 0 Å². The number of ether oxygens (including phenoxy) is 2. The van der Waals surface area contributed by atoms with Crippen molar-refractivity contribution in [3.8, 4) is 10.8 Å². The highest BCUT2D eigenvalue weighted by atomic mass is 32.1. The molecule has 7 heteroatoms. The first-order chi connectivity index (χ1) is 14.7. The molecule has 0 aliphatic carbocycles. The summed E-state index contributed by atoms with van der Waals surface area (Å²) >= 11 is 1.46. The molecule has 2 aromatic rings. The summed E-state index contributed by atoms with van der Waals surface area (Å²) < 4.78 is 12.0. The monoisotopic (exact) mass is 431 g/mol. The molecule has 3 heterocycles. The van der Waals surface area contributed by atoms with Crippen LogP contribution in [0, 0.1) is 0 Å². The van der Waals surface area contributed by atoms with Crippen LogP contribution in [0.3, 0.4) is 0 Å². The van der Waals surface area contributed by atoms with Crippen LogP contribution in [0.5, 0.6) is 10.8 Å². The Hall–Kier alpha value is -1.83. The summed E-state index contributed by atoms with van der Waals surface area (Å²) in [6, 6.07) is 7.94. The maximum atomic E-state index is 12.4. The fourth-order valence-corrected chi connectivity index (χ4v) is 5.40. The third-order valence-corrected chi connectivity index (χ3v) is 7.23. The molecule has 1 aromatic heterocycles. The number of benzene rings is 1. The molecule has 0 saturated carbocycles. The fraction of sp³-hybridized carbons (Fsp3) is 0.609. The molecule has 6 nitrogen and oxygen atoms in total. The molecule has 2 aliphatic rings. The van der Waals surface area contributed by atoms with E-state index in [0.717, 1.165) is 48.3 Å². The summed E-state index contributed by atoms with van der Waals surface area (Å²) in [6.45, 7) is 6.91. The molecule has 4 rings (SSSR count). The lowest BCUT2D eigenvalue weighted by Gasteiger charge is -2.33. The van der Waals surface area contributed by atoms with Crippen LogP contribution < -0.4 is 14.8 Å². The molecule has 30 heavy (non-hydrogen) atoms. The number of nitrogens with one attached hydrogen (secondary N) is 1. The zero-order valence-corrected chi connectivity index (χ0v) is 18.7. The Labute approximate surface area is 183 Å². The Morgan fingerprint density at radius 3 is 2.47 bits per heavy atom. The van der Waals surface area contributed by atoms with Gasteiger partial charge in [0.25, 0.3) is 0 Å². The Morgan fingerprint density at radius 2 is 1.77 bits per heavy atom. The number of carbonyl (C=O) groups is 1. The van der Waals surface area contributed by atoms with Gasteiger partial charge in [-0.15, -0.1) is 0 Å². The van der Waals surface area contributed by atoms with Crippen LogP contribution in [0.1, 0.15) is 38.5 Å². The van der Waals surface area contributed by atoms with E-state index in [9.17, 15) is 4.79 Å². The SMILES string of the molecule is COc1cccc2sc(OC(=O)NC3CCN(CCN4CCCCCC4)CC3)cc12. The van der Waals surface area contributed by atoms with Crippen molar-refractivity contribution in [2.45, 2.75) is 44.6 Å².